The second-order valence-corrected chi connectivity index (χ2v) is 5.76. The Morgan fingerprint density at radius 2 is 2.19 bits per heavy atom. The molecule has 1 aromatic rings. The van der Waals surface area contributed by atoms with Crippen molar-refractivity contribution in [1.29, 1.82) is 0 Å². The zero-order valence-corrected chi connectivity index (χ0v) is 11.3. The maximum Gasteiger partial charge on any atom is 0.0343 e. The average molecular weight is 283 g/mol. The summed E-state index contributed by atoms with van der Waals surface area (Å²) in [5.74, 6) is 0. The molecule has 1 atom stereocenters. The normalized spacial score (nSPS) is 20.2. The van der Waals surface area contributed by atoms with Gasteiger partial charge in [-0.25, -0.2) is 0 Å². The number of benzene rings is 1. The smallest absolute Gasteiger partial charge is 0.0343 e. The van der Waals surface area contributed by atoms with Crippen LogP contribution in [-0.4, -0.2) is 30.1 Å². The van der Waals surface area contributed by atoms with E-state index in [4.69, 9.17) is 5.73 Å². The van der Waals surface area contributed by atoms with Gasteiger partial charge in [-0.05, 0) is 50.6 Å². The average Bonchev–Trinajstić information content (AvgIpc) is 2.14. The van der Waals surface area contributed by atoms with E-state index >= 15 is 0 Å². The number of hydrogen-bond acceptors (Lipinski definition) is 2. The van der Waals surface area contributed by atoms with Gasteiger partial charge in [-0.15, -0.1) is 0 Å². The Labute approximate surface area is 106 Å². The molecule has 1 saturated heterocycles. The summed E-state index contributed by atoms with van der Waals surface area (Å²) < 4.78 is 1.15. The van der Waals surface area contributed by atoms with Crippen molar-refractivity contribution in [2.24, 2.45) is 5.73 Å². The van der Waals surface area contributed by atoms with Crippen molar-refractivity contribution < 1.29 is 0 Å². The lowest BCUT2D eigenvalue weighted by molar-refractivity contribution is 0.0481. The fourth-order valence-corrected chi connectivity index (χ4v) is 2.70. The molecule has 1 fully saturated rings. The van der Waals surface area contributed by atoms with E-state index in [2.05, 4.69) is 52.0 Å². The van der Waals surface area contributed by atoms with Crippen LogP contribution in [0.15, 0.2) is 28.7 Å². The maximum absolute atomic E-state index is 5.95. The van der Waals surface area contributed by atoms with Gasteiger partial charge in [-0.2, -0.15) is 0 Å². The minimum Gasteiger partial charge on any atom is -0.329 e. The van der Waals surface area contributed by atoms with Gasteiger partial charge in [0, 0.05) is 16.6 Å². The van der Waals surface area contributed by atoms with E-state index < -0.39 is 0 Å². The third-order valence-corrected chi connectivity index (χ3v) is 4.03. The number of hydrogen-bond donors (Lipinski definition) is 1. The van der Waals surface area contributed by atoms with Crippen LogP contribution in [0.25, 0.3) is 0 Å². The van der Waals surface area contributed by atoms with Gasteiger partial charge in [-0.1, -0.05) is 28.1 Å². The molecule has 0 aliphatic carbocycles. The van der Waals surface area contributed by atoms with Crippen molar-refractivity contribution in [2.45, 2.75) is 25.3 Å². The van der Waals surface area contributed by atoms with Gasteiger partial charge in [-0.3, -0.25) is 4.90 Å². The fourth-order valence-electron chi connectivity index (χ4n) is 2.26. The molecular weight excluding hydrogens is 264 g/mol. The van der Waals surface area contributed by atoms with Gasteiger partial charge in [0.15, 0.2) is 0 Å². The SMILES string of the molecule is CC(CN)(Cc1cccc(Br)c1)N1CCC1. The van der Waals surface area contributed by atoms with Crippen molar-refractivity contribution >= 4 is 15.9 Å². The maximum atomic E-state index is 5.95. The van der Waals surface area contributed by atoms with Crippen LogP contribution in [-0.2, 0) is 6.42 Å². The Morgan fingerprint density at radius 3 is 2.69 bits per heavy atom. The van der Waals surface area contributed by atoms with E-state index in [1.54, 1.807) is 0 Å². The second kappa shape index (κ2) is 4.86. The molecule has 0 radical (unpaired) electrons. The first-order chi connectivity index (χ1) is 7.64. The van der Waals surface area contributed by atoms with E-state index in [0.29, 0.717) is 0 Å². The van der Waals surface area contributed by atoms with Crippen molar-refractivity contribution in [2.75, 3.05) is 19.6 Å². The van der Waals surface area contributed by atoms with Gasteiger partial charge >= 0.3 is 0 Å². The van der Waals surface area contributed by atoms with Crippen LogP contribution in [0.5, 0.6) is 0 Å². The molecule has 1 aliphatic heterocycles. The van der Waals surface area contributed by atoms with Crippen molar-refractivity contribution in [3.05, 3.63) is 34.3 Å². The highest BCUT2D eigenvalue weighted by molar-refractivity contribution is 9.10. The largest absolute Gasteiger partial charge is 0.329 e. The number of rotatable bonds is 4. The molecule has 16 heavy (non-hydrogen) atoms. The quantitative estimate of drug-likeness (QED) is 0.919. The molecule has 88 valence electrons. The summed E-state index contributed by atoms with van der Waals surface area (Å²) >= 11 is 3.51. The second-order valence-electron chi connectivity index (χ2n) is 4.85. The monoisotopic (exact) mass is 282 g/mol. The molecule has 2 N–H and O–H groups in total. The van der Waals surface area contributed by atoms with Crippen LogP contribution in [0.1, 0.15) is 18.9 Å². The zero-order chi connectivity index (χ0) is 11.6. The number of nitrogens with two attached hydrogens (primary N) is 1. The molecule has 1 aliphatic rings. The van der Waals surface area contributed by atoms with E-state index in [1.165, 1.54) is 25.1 Å². The van der Waals surface area contributed by atoms with Crippen LogP contribution in [0.2, 0.25) is 0 Å². The van der Waals surface area contributed by atoms with Gasteiger partial charge in [0.2, 0.25) is 0 Å². The van der Waals surface area contributed by atoms with Crippen LogP contribution >= 0.6 is 15.9 Å². The lowest BCUT2D eigenvalue weighted by Gasteiger charge is -2.46. The Hall–Kier alpha value is -0.380. The van der Waals surface area contributed by atoms with Crippen LogP contribution < -0.4 is 5.73 Å². The van der Waals surface area contributed by atoms with Crippen molar-refractivity contribution in [3.8, 4) is 0 Å². The summed E-state index contributed by atoms with van der Waals surface area (Å²) in [6.07, 6.45) is 2.34. The first-order valence-corrected chi connectivity index (χ1v) is 6.63. The summed E-state index contributed by atoms with van der Waals surface area (Å²) in [4.78, 5) is 2.49. The van der Waals surface area contributed by atoms with Crippen LogP contribution in [0, 0.1) is 0 Å². The molecule has 0 amide bonds. The minimum absolute atomic E-state index is 0.124. The summed E-state index contributed by atoms with van der Waals surface area (Å²) in [6.45, 7) is 5.38. The predicted octanol–water partition coefficient (Wildman–Crippen LogP) is 2.41. The Kier molecular flexibility index (Phi) is 3.67. The first-order valence-electron chi connectivity index (χ1n) is 5.84. The number of halogens is 1. The van der Waals surface area contributed by atoms with Crippen molar-refractivity contribution in [3.63, 3.8) is 0 Å². The Morgan fingerprint density at radius 1 is 1.44 bits per heavy atom. The summed E-state index contributed by atoms with van der Waals surface area (Å²) in [5.41, 5.74) is 7.43. The molecule has 0 saturated carbocycles. The molecule has 1 aromatic carbocycles. The summed E-state index contributed by atoms with van der Waals surface area (Å²) in [6, 6.07) is 8.52. The highest BCUT2D eigenvalue weighted by Crippen LogP contribution is 2.26. The molecule has 2 rings (SSSR count). The Balaban J connectivity index is 2.11. The molecule has 2 nitrogen and oxygen atoms in total. The van der Waals surface area contributed by atoms with E-state index in [0.717, 1.165) is 17.4 Å². The van der Waals surface area contributed by atoms with Gasteiger partial charge < -0.3 is 5.73 Å². The van der Waals surface area contributed by atoms with Crippen LogP contribution in [0.4, 0.5) is 0 Å². The molecule has 0 aromatic heterocycles. The highest BCUT2D eigenvalue weighted by Gasteiger charge is 2.34. The van der Waals surface area contributed by atoms with Crippen molar-refractivity contribution in [1.82, 2.24) is 4.90 Å². The topological polar surface area (TPSA) is 29.3 Å². The lowest BCUT2D eigenvalue weighted by atomic mass is 9.88. The van der Waals surface area contributed by atoms with Crippen LogP contribution in [0.3, 0.4) is 0 Å². The van der Waals surface area contributed by atoms with Gasteiger partial charge in [0.25, 0.3) is 0 Å². The van der Waals surface area contributed by atoms with E-state index in [-0.39, 0.29) is 5.54 Å². The first kappa shape index (κ1) is 12.1. The summed E-state index contributed by atoms with van der Waals surface area (Å²) in [5, 5.41) is 0. The minimum atomic E-state index is 0.124. The summed E-state index contributed by atoms with van der Waals surface area (Å²) in [7, 11) is 0. The molecule has 3 heteroatoms. The molecule has 0 spiro atoms. The molecule has 1 heterocycles. The molecular formula is C13H19BrN2. The van der Waals surface area contributed by atoms with Gasteiger partial charge in [0.1, 0.15) is 0 Å². The lowest BCUT2D eigenvalue weighted by Crippen LogP contribution is -2.58. The number of nitrogens with zero attached hydrogens (tertiary/aromatic N) is 1. The third kappa shape index (κ3) is 2.47. The predicted molar refractivity (Wildman–Crippen MR) is 71.5 cm³/mol. The van der Waals surface area contributed by atoms with E-state index in [9.17, 15) is 0 Å². The standard InChI is InChI=1S/C13H19BrN2/c1-13(10-15,16-6-3-7-16)9-11-4-2-5-12(14)8-11/h2,4-5,8H,3,6-7,9-10,15H2,1H3. The third-order valence-electron chi connectivity index (χ3n) is 3.53. The molecule has 1 unspecified atom stereocenters. The zero-order valence-electron chi connectivity index (χ0n) is 9.75. The number of likely N-dealkylation sites (tertiary alicyclic amines) is 1. The van der Waals surface area contributed by atoms with Gasteiger partial charge in [0.05, 0.1) is 0 Å². The van der Waals surface area contributed by atoms with E-state index in [1.807, 2.05) is 0 Å². The Bertz CT molecular complexity index is 363. The molecule has 0 bridgehead atoms. The fraction of sp³-hybridized carbons (Fsp3) is 0.538. The highest BCUT2D eigenvalue weighted by atomic mass is 79.9.